The number of nitrogens with zero attached hydrogens (tertiary/aromatic N) is 1. The first-order valence-electron chi connectivity index (χ1n) is 12.1. The highest BCUT2D eigenvalue weighted by atomic mass is 16.2. The van der Waals surface area contributed by atoms with Crippen LogP contribution in [0.2, 0.25) is 0 Å². The molecule has 5 heteroatoms. The molecule has 1 aliphatic carbocycles. The van der Waals surface area contributed by atoms with Crippen LogP contribution in [0.4, 0.5) is 0 Å². The first-order chi connectivity index (χ1) is 16.7. The van der Waals surface area contributed by atoms with Gasteiger partial charge in [-0.1, -0.05) is 86.0 Å². The Balaban J connectivity index is 1.62. The molecular weight excluding hydrogens is 422 g/mol. The van der Waals surface area contributed by atoms with E-state index in [0.29, 0.717) is 5.52 Å². The number of nitrogens with one attached hydrogen (secondary N) is 2. The van der Waals surface area contributed by atoms with E-state index >= 15 is 0 Å². The molecule has 0 spiro atoms. The average molecular weight is 450 g/mol. The van der Waals surface area contributed by atoms with E-state index in [1.165, 1.54) is 6.42 Å². The predicted octanol–water partition coefficient (Wildman–Crippen LogP) is 5.67. The second kappa shape index (κ2) is 8.49. The van der Waals surface area contributed by atoms with Crippen LogP contribution in [0.5, 0.6) is 0 Å². The van der Waals surface area contributed by atoms with Crippen molar-refractivity contribution in [2.45, 2.75) is 44.2 Å². The maximum absolute atomic E-state index is 14.1. The number of pyridine rings is 1. The molecule has 2 N–H and O–H groups in total. The monoisotopic (exact) mass is 449 g/mol. The van der Waals surface area contributed by atoms with Crippen LogP contribution < -0.4 is 10.9 Å². The van der Waals surface area contributed by atoms with E-state index in [0.717, 1.165) is 58.4 Å². The van der Waals surface area contributed by atoms with Gasteiger partial charge in [-0.3, -0.25) is 14.2 Å². The molecule has 1 aliphatic rings. The molecule has 1 fully saturated rings. The highest BCUT2D eigenvalue weighted by Crippen LogP contribution is 2.32. The van der Waals surface area contributed by atoms with Gasteiger partial charge in [0.1, 0.15) is 11.6 Å². The summed E-state index contributed by atoms with van der Waals surface area (Å²) >= 11 is 0. The third-order valence-electron chi connectivity index (χ3n) is 7.15. The van der Waals surface area contributed by atoms with Gasteiger partial charge in [0.25, 0.3) is 5.56 Å². The summed E-state index contributed by atoms with van der Waals surface area (Å²) in [5, 5.41) is 6.16. The first-order valence-corrected chi connectivity index (χ1v) is 12.1. The Labute approximate surface area is 197 Å². The van der Waals surface area contributed by atoms with Crippen LogP contribution in [0.1, 0.15) is 43.7 Å². The predicted molar refractivity (Wildman–Crippen MR) is 137 cm³/mol. The molecule has 5 aromatic rings. The lowest BCUT2D eigenvalue weighted by molar-refractivity contribution is -0.124. The van der Waals surface area contributed by atoms with Crippen LogP contribution in [0, 0.1) is 0 Å². The van der Waals surface area contributed by atoms with Gasteiger partial charge in [0.15, 0.2) is 0 Å². The Kier molecular flexibility index (Phi) is 5.17. The van der Waals surface area contributed by atoms with E-state index in [1.54, 1.807) is 4.57 Å². The minimum Gasteiger partial charge on any atom is -0.351 e. The van der Waals surface area contributed by atoms with Crippen molar-refractivity contribution in [1.82, 2.24) is 14.9 Å². The fourth-order valence-electron chi connectivity index (χ4n) is 5.54. The Morgan fingerprint density at radius 2 is 1.53 bits per heavy atom. The van der Waals surface area contributed by atoms with Crippen molar-refractivity contribution in [3.8, 4) is 0 Å². The van der Waals surface area contributed by atoms with Crippen LogP contribution in [-0.2, 0) is 4.79 Å². The second-order valence-corrected chi connectivity index (χ2v) is 9.27. The molecule has 1 unspecified atom stereocenters. The van der Waals surface area contributed by atoms with Crippen molar-refractivity contribution in [1.29, 1.82) is 0 Å². The number of aromatic amines is 1. The summed E-state index contributed by atoms with van der Waals surface area (Å²) < 4.78 is 1.68. The maximum Gasteiger partial charge on any atom is 0.276 e. The second-order valence-electron chi connectivity index (χ2n) is 9.27. The summed E-state index contributed by atoms with van der Waals surface area (Å²) in [6, 6.07) is 24.9. The molecular formula is C29H27N3O2. The highest BCUT2D eigenvalue weighted by molar-refractivity contribution is 6.19. The molecule has 0 radical (unpaired) electrons. The fourth-order valence-corrected chi connectivity index (χ4v) is 5.54. The first kappa shape index (κ1) is 20.7. The zero-order chi connectivity index (χ0) is 23.1. The molecule has 5 nitrogen and oxygen atoms in total. The SMILES string of the molecule is O=C(NC1CCCCC1)C(c1ccccc1)n1c(=O)c2[nH]c3ccccc3c2c2ccccc21. The minimum atomic E-state index is -0.753. The van der Waals surface area contributed by atoms with Crippen molar-refractivity contribution in [2.24, 2.45) is 0 Å². The van der Waals surface area contributed by atoms with Gasteiger partial charge in [-0.2, -0.15) is 0 Å². The van der Waals surface area contributed by atoms with Gasteiger partial charge in [-0.15, -0.1) is 0 Å². The van der Waals surface area contributed by atoms with Crippen LogP contribution in [0.25, 0.3) is 32.7 Å². The van der Waals surface area contributed by atoms with Gasteiger partial charge in [-0.05, 0) is 30.5 Å². The molecule has 2 heterocycles. The standard InChI is InChI=1S/C29H27N3O2/c33-28(30-20-13-5-2-6-14-20)27(19-11-3-1-4-12-19)32-24-18-10-8-16-22(24)25-21-15-7-9-17-23(21)31-26(25)29(32)34/h1,3-4,7-12,15-18,20,27,31H,2,5-6,13-14H2,(H,30,33). The van der Waals surface area contributed by atoms with Crippen molar-refractivity contribution in [2.75, 3.05) is 0 Å². The summed E-state index contributed by atoms with van der Waals surface area (Å²) in [6.07, 6.45) is 5.46. The van der Waals surface area contributed by atoms with E-state index < -0.39 is 6.04 Å². The molecule has 1 saturated carbocycles. The molecule has 170 valence electrons. The Morgan fingerprint density at radius 3 is 2.32 bits per heavy atom. The number of carbonyl (C=O) groups excluding carboxylic acids is 1. The van der Waals surface area contributed by atoms with E-state index in [4.69, 9.17) is 0 Å². The zero-order valence-electron chi connectivity index (χ0n) is 19.0. The number of hydrogen-bond donors (Lipinski definition) is 2. The summed E-state index contributed by atoms with van der Waals surface area (Å²) in [6.45, 7) is 0. The number of hydrogen-bond acceptors (Lipinski definition) is 2. The number of para-hydroxylation sites is 2. The van der Waals surface area contributed by atoms with Crippen molar-refractivity contribution in [3.63, 3.8) is 0 Å². The normalized spacial score (nSPS) is 15.6. The number of benzene rings is 3. The van der Waals surface area contributed by atoms with Crippen LogP contribution in [0.3, 0.4) is 0 Å². The number of carbonyl (C=O) groups is 1. The zero-order valence-corrected chi connectivity index (χ0v) is 19.0. The highest BCUT2D eigenvalue weighted by Gasteiger charge is 2.29. The Hall–Kier alpha value is -3.86. The lowest BCUT2D eigenvalue weighted by atomic mass is 9.94. The third-order valence-corrected chi connectivity index (χ3v) is 7.15. The quantitative estimate of drug-likeness (QED) is 0.371. The van der Waals surface area contributed by atoms with Gasteiger partial charge < -0.3 is 10.3 Å². The largest absolute Gasteiger partial charge is 0.351 e. The number of H-pyrrole nitrogens is 1. The molecule has 3 aromatic carbocycles. The minimum absolute atomic E-state index is 0.124. The van der Waals surface area contributed by atoms with E-state index in [1.807, 2.05) is 78.9 Å². The third kappa shape index (κ3) is 3.39. The Morgan fingerprint density at radius 1 is 0.853 bits per heavy atom. The van der Waals surface area contributed by atoms with Gasteiger partial charge in [0.2, 0.25) is 5.91 Å². The van der Waals surface area contributed by atoms with E-state index in [2.05, 4.69) is 10.3 Å². The van der Waals surface area contributed by atoms with Crippen molar-refractivity contribution < 1.29 is 4.79 Å². The average Bonchev–Trinajstić information content (AvgIpc) is 3.28. The molecule has 1 atom stereocenters. The van der Waals surface area contributed by atoms with Crippen molar-refractivity contribution >= 4 is 38.6 Å². The smallest absolute Gasteiger partial charge is 0.276 e. The summed E-state index contributed by atoms with van der Waals surface area (Å²) in [5.41, 5.74) is 2.83. The molecule has 2 aromatic heterocycles. The van der Waals surface area contributed by atoms with E-state index in [-0.39, 0.29) is 17.5 Å². The van der Waals surface area contributed by atoms with Crippen LogP contribution in [0.15, 0.2) is 83.7 Å². The van der Waals surface area contributed by atoms with Gasteiger partial charge in [0, 0.05) is 27.7 Å². The van der Waals surface area contributed by atoms with Gasteiger partial charge in [0.05, 0.1) is 5.52 Å². The number of rotatable bonds is 4. The lowest BCUT2D eigenvalue weighted by Crippen LogP contribution is -2.43. The number of amides is 1. The number of aromatic nitrogens is 2. The van der Waals surface area contributed by atoms with Crippen LogP contribution >= 0.6 is 0 Å². The summed E-state index contributed by atoms with van der Waals surface area (Å²) in [4.78, 5) is 31.3. The maximum atomic E-state index is 14.1. The molecule has 6 rings (SSSR count). The number of fused-ring (bicyclic) bond motifs is 5. The van der Waals surface area contributed by atoms with Gasteiger partial charge in [-0.25, -0.2) is 0 Å². The fraction of sp³-hybridized carbons (Fsp3) is 0.241. The Bertz CT molecular complexity index is 1560. The van der Waals surface area contributed by atoms with Crippen molar-refractivity contribution in [3.05, 3.63) is 94.8 Å². The van der Waals surface area contributed by atoms with Crippen LogP contribution in [-0.4, -0.2) is 21.5 Å². The lowest BCUT2D eigenvalue weighted by Gasteiger charge is -2.27. The molecule has 0 saturated heterocycles. The van der Waals surface area contributed by atoms with E-state index in [9.17, 15) is 9.59 Å². The summed E-state index contributed by atoms with van der Waals surface area (Å²) in [5.74, 6) is -0.124. The summed E-state index contributed by atoms with van der Waals surface area (Å²) in [7, 11) is 0. The molecule has 0 bridgehead atoms. The topological polar surface area (TPSA) is 66.9 Å². The van der Waals surface area contributed by atoms with Gasteiger partial charge >= 0.3 is 0 Å². The molecule has 34 heavy (non-hydrogen) atoms. The molecule has 0 aliphatic heterocycles. The molecule has 1 amide bonds.